The van der Waals surface area contributed by atoms with Gasteiger partial charge in [-0.25, -0.2) is 18.4 Å². The van der Waals surface area contributed by atoms with Gasteiger partial charge >= 0.3 is 0 Å². The quantitative estimate of drug-likeness (QED) is 0.733. The summed E-state index contributed by atoms with van der Waals surface area (Å²) >= 11 is 0. The average Bonchev–Trinajstić information content (AvgIpc) is 2.95. The van der Waals surface area contributed by atoms with Gasteiger partial charge in [0.15, 0.2) is 9.84 Å². The van der Waals surface area contributed by atoms with Crippen molar-refractivity contribution in [3.05, 3.63) is 18.1 Å². The Morgan fingerprint density at radius 2 is 2.00 bits per heavy atom. The number of anilines is 1. The van der Waals surface area contributed by atoms with Crippen molar-refractivity contribution < 1.29 is 13.2 Å². The lowest BCUT2D eigenvalue weighted by atomic mass is 10.2. The van der Waals surface area contributed by atoms with Crippen LogP contribution >= 0.6 is 0 Å². The molecular weight excluding hydrogens is 342 g/mol. The largest absolute Gasteiger partial charge is 0.353 e. The van der Waals surface area contributed by atoms with Gasteiger partial charge in [-0.15, -0.1) is 0 Å². The Balaban J connectivity index is 1.77. The summed E-state index contributed by atoms with van der Waals surface area (Å²) in [6.45, 7) is 5.68. The lowest BCUT2D eigenvalue weighted by molar-refractivity contribution is 0.0658. The fourth-order valence-electron chi connectivity index (χ4n) is 3.42. The van der Waals surface area contributed by atoms with Crippen LogP contribution in [0.5, 0.6) is 0 Å². The highest BCUT2D eigenvalue weighted by Crippen LogP contribution is 2.23. The number of aromatic nitrogens is 2. The third-order valence-corrected chi connectivity index (χ3v) is 6.70. The molecule has 2 aliphatic rings. The standard InChI is InChI=1S/C16H25N5O3S/c1-3-21(13-4-9-25(23,24)11-13)15-10-14(17-12-18-15)16(22)20-7-5-19(2)6-8-20/h10,12-13H,3-9,11H2,1-2H3. The molecule has 2 aliphatic heterocycles. The second kappa shape index (κ2) is 7.25. The second-order valence-electron chi connectivity index (χ2n) is 6.70. The summed E-state index contributed by atoms with van der Waals surface area (Å²) < 4.78 is 23.6. The zero-order valence-corrected chi connectivity index (χ0v) is 15.6. The maximum atomic E-state index is 12.7. The van der Waals surface area contributed by atoms with Crippen molar-refractivity contribution in [2.75, 3.05) is 56.2 Å². The molecule has 3 rings (SSSR count). The zero-order chi connectivity index (χ0) is 18.0. The van der Waals surface area contributed by atoms with Crippen LogP contribution in [-0.2, 0) is 9.84 Å². The van der Waals surface area contributed by atoms with Gasteiger partial charge in [0, 0.05) is 44.8 Å². The van der Waals surface area contributed by atoms with E-state index in [4.69, 9.17) is 0 Å². The van der Waals surface area contributed by atoms with Gasteiger partial charge < -0.3 is 14.7 Å². The minimum absolute atomic E-state index is 0.0866. The molecule has 3 heterocycles. The van der Waals surface area contributed by atoms with E-state index in [1.165, 1.54) is 6.33 Å². The molecule has 0 N–H and O–H groups in total. The van der Waals surface area contributed by atoms with E-state index < -0.39 is 9.84 Å². The van der Waals surface area contributed by atoms with Crippen molar-refractivity contribution in [3.63, 3.8) is 0 Å². The van der Waals surface area contributed by atoms with Crippen LogP contribution in [-0.4, -0.2) is 91.4 Å². The molecule has 0 saturated carbocycles. The van der Waals surface area contributed by atoms with Gasteiger partial charge in [0.25, 0.3) is 5.91 Å². The minimum atomic E-state index is -2.97. The Labute approximate surface area is 148 Å². The Hall–Kier alpha value is -1.74. The van der Waals surface area contributed by atoms with E-state index in [2.05, 4.69) is 14.9 Å². The molecule has 25 heavy (non-hydrogen) atoms. The summed E-state index contributed by atoms with van der Waals surface area (Å²) in [5, 5.41) is 0. The summed E-state index contributed by atoms with van der Waals surface area (Å²) in [4.78, 5) is 27.1. The maximum absolute atomic E-state index is 12.7. The molecule has 0 bridgehead atoms. The van der Waals surface area contributed by atoms with Crippen LogP contribution in [0.1, 0.15) is 23.8 Å². The number of likely N-dealkylation sites (N-methyl/N-ethyl adjacent to an activating group) is 1. The van der Waals surface area contributed by atoms with Gasteiger partial charge in [-0.2, -0.15) is 0 Å². The van der Waals surface area contributed by atoms with Crippen molar-refractivity contribution >= 4 is 21.6 Å². The van der Waals surface area contributed by atoms with Crippen LogP contribution in [0, 0.1) is 0 Å². The first kappa shape index (κ1) is 18.1. The Morgan fingerprint density at radius 3 is 2.60 bits per heavy atom. The molecule has 2 saturated heterocycles. The molecule has 0 radical (unpaired) electrons. The van der Waals surface area contributed by atoms with E-state index in [-0.39, 0.29) is 23.5 Å². The molecule has 0 spiro atoms. The third kappa shape index (κ3) is 4.09. The predicted octanol–water partition coefficient (Wildman–Crippen LogP) is -0.122. The van der Waals surface area contributed by atoms with Crippen LogP contribution in [0.15, 0.2) is 12.4 Å². The van der Waals surface area contributed by atoms with E-state index >= 15 is 0 Å². The third-order valence-electron chi connectivity index (χ3n) is 4.95. The van der Waals surface area contributed by atoms with Gasteiger partial charge in [-0.05, 0) is 20.4 Å². The molecule has 138 valence electrons. The molecule has 8 nitrogen and oxygen atoms in total. The predicted molar refractivity (Wildman–Crippen MR) is 95.5 cm³/mol. The maximum Gasteiger partial charge on any atom is 0.272 e. The fraction of sp³-hybridized carbons (Fsp3) is 0.688. The Morgan fingerprint density at radius 1 is 1.28 bits per heavy atom. The number of sulfone groups is 1. The van der Waals surface area contributed by atoms with Crippen molar-refractivity contribution in [2.24, 2.45) is 0 Å². The molecule has 0 aromatic carbocycles. The molecule has 1 amide bonds. The molecule has 1 atom stereocenters. The second-order valence-corrected chi connectivity index (χ2v) is 8.93. The Kier molecular flexibility index (Phi) is 5.24. The molecule has 1 unspecified atom stereocenters. The van der Waals surface area contributed by atoms with Crippen LogP contribution in [0.25, 0.3) is 0 Å². The molecule has 2 fully saturated rings. The monoisotopic (exact) mass is 367 g/mol. The van der Waals surface area contributed by atoms with Gasteiger partial charge in [0.2, 0.25) is 0 Å². The average molecular weight is 367 g/mol. The van der Waals surface area contributed by atoms with E-state index in [0.29, 0.717) is 37.6 Å². The van der Waals surface area contributed by atoms with E-state index in [9.17, 15) is 13.2 Å². The summed E-state index contributed by atoms with van der Waals surface area (Å²) in [5.74, 6) is 0.891. The lowest BCUT2D eigenvalue weighted by Gasteiger charge is -2.32. The summed E-state index contributed by atoms with van der Waals surface area (Å²) in [6.07, 6.45) is 1.99. The summed E-state index contributed by atoms with van der Waals surface area (Å²) in [6, 6.07) is 1.60. The molecule has 9 heteroatoms. The van der Waals surface area contributed by atoms with Crippen LogP contribution in [0.4, 0.5) is 5.82 Å². The van der Waals surface area contributed by atoms with Gasteiger partial charge in [0.05, 0.1) is 11.5 Å². The first-order valence-electron chi connectivity index (χ1n) is 8.66. The Bertz CT molecular complexity index is 731. The first-order chi connectivity index (χ1) is 11.9. The molecule has 1 aromatic rings. The smallest absolute Gasteiger partial charge is 0.272 e. The van der Waals surface area contributed by atoms with Crippen LogP contribution in [0.2, 0.25) is 0 Å². The topological polar surface area (TPSA) is 86.7 Å². The number of nitrogens with zero attached hydrogens (tertiary/aromatic N) is 5. The van der Waals surface area contributed by atoms with E-state index in [0.717, 1.165) is 13.1 Å². The number of amides is 1. The van der Waals surface area contributed by atoms with E-state index in [1.807, 2.05) is 23.8 Å². The molecule has 1 aromatic heterocycles. The number of rotatable bonds is 4. The minimum Gasteiger partial charge on any atom is -0.353 e. The van der Waals surface area contributed by atoms with Crippen LogP contribution in [0.3, 0.4) is 0 Å². The summed E-state index contributed by atoms with van der Waals surface area (Å²) in [5.41, 5.74) is 0.369. The highest BCUT2D eigenvalue weighted by atomic mass is 32.2. The number of hydrogen-bond acceptors (Lipinski definition) is 7. The van der Waals surface area contributed by atoms with Crippen molar-refractivity contribution in [1.29, 1.82) is 0 Å². The molecular formula is C16H25N5O3S. The number of piperazine rings is 1. The summed E-state index contributed by atoms with van der Waals surface area (Å²) in [7, 11) is -0.931. The van der Waals surface area contributed by atoms with Gasteiger partial charge in [0.1, 0.15) is 17.8 Å². The van der Waals surface area contributed by atoms with E-state index in [1.54, 1.807) is 6.07 Å². The fourth-order valence-corrected chi connectivity index (χ4v) is 5.15. The number of carbonyl (C=O) groups is 1. The highest BCUT2D eigenvalue weighted by molar-refractivity contribution is 7.91. The number of hydrogen-bond donors (Lipinski definition) is 0. The van der Waals surface area contributed by atoms with Gasteiger partial charge in [-0.3, -0.25) is 4.79 Å². The zero-order valence-electron chi connectivity index (χ0n) is 14.8. The van der Waals surface area contributed by atoms with Crippen molar-refractivity contribution in [2.45, 2.75) is 19.4 Å². The van der Waals surface area contributed by atoms with Crippen molar-refractivity contribution in [3.8, 4) is 0 Å². The lowest BCUT2D eigenvalue weighted by Crippen LogP contribution is -2.47. The SMILES string of the molecule is CCN(c1cc(C(=O)N2CCN(C)CC2)ncn1)C1CCS(=O)(=O)C1. The number of carbonyl (C=O) groups excluding carboxylic acids is 1. The van der Waals surface area contributed by atoms with Crippen molar-refractivity contribution in [1.82, 2.24) is 19.8 Å². The van der Waals surface area contributed by atoms with Gasteiger partial charge in [-0.1, -0.05) is 0 Å². The first-order valence-corrected chi connectivity index (χ1v) is 10.5. The highest BCUT2D eigenvalue weighted by Gasteiger charge is 2.32. The normalized spacial score (nSPS) is 23.6. The molecule has 0 aliphatic carbocycles. The van der Waals surface area contributed by atoms with Crippen LogP contribution < -0.4 is 4.90 Å².